The third-order valence-corrected chi connectivity index (χ3v) is 2.92. The normalized spacial score (nSPS) is 10.6. The first-order chi connectivity index (χ1) is 8.61. The highest BCUT2D eigenvalue weighted by Gasteiger charge is 2.12. The average molecular weight is 266 g/mol. The Balaban J connectivity index is 2.15. The van der Waals surface area contributed by atoms with Crippen LogP contribution in [-0.2, 0) is 13.2 Å². The van der Waals surface area contributed by atoms with E-state index >= 15 is 0 Å². The molecule has 4 nitrogen and oxygen atoms in total. The quantitative estimate of drug-likeness (QED) is 0.924. The van der Waals surface area contributed by atoms with Gasteiger partial charge in [-0.3, -0.25) is 0 Å². The third kappa shape index (κ3) is 2.59. The first-order valence-electron chi connectivity index (χ1n) is 5.82. The van der Waals surface area contributed by atoms with Gasteiger partial charge in [0.1, 0.15) is 12.3 Å². The number of halogens is 1. The number of hydrogen-bond donors (Lipinski definition) is 1. The summed E-state index contributed by atoms with van der Waals surface area (Å²) in [4.78, 5) is 0. The Labute approximate surface area is 111 Å². The van der Waals surface area contributed by atoms with Crippen molar-refractivity contribution in [3.8, 4) is 5.88 Å². The predicted molar refractivity (Wildman–Crippen MR) is 72.8 cm³/mol. The zero-order chi connectivity index (χ0) is 13.1. The predicted octanol–water partition coefficient (Wildman–Crippen LogP) is 3.03. The van der Waals surface area contributed by atoms with Gasteiger partial charge in [0, 0.05) is 11.6 Å². The highest BCUT2D eigenvalue weighted by atomic mass is 35.5. The van der Waals surface area contributed by atoms with Crippen LogP contribution in [0.3, 0.4) is 0 Å². The third-order valence-electron chi connectivity index (χ3n) is 2.69. The molecule has 2 aromatic rings. The molecule has 1 aromatic heterocycles. The molecule has 0 saturated carbocycles. The summed E-state index contributed by atoms with van der Waals surface area (Å²) in [5.74, 6) is 0.620. The van der Waals surface area contributed by atoms with Gasteiger partial charge in [-0.05, 0) is 31.5 Å². The van der Waals surface area contributed by atoms with E-state index in [1.165, 1.54) is 0 Å². The second-order valence-electron chi connectivity index (χ2n) is 4.04. The summed E-state index contributed by atoms with van der Waals surface area (Å²) in [5.41, 5.74) is 8.33. The molecular weight excluding hydrogens is 250 g/mol. The molecule has 0 bridgehead atoms. The smallest absolute Gasteiger partial charge is 0.236 e. The molecular formula is C13H16ClN3O. The number of ether oxygens (including phenoxy) is 1. The van der Waals surface area contributed by atoms with Gasteiger partial charge in [0.2, 0.25) is 5.88 Å². The van der Waals surface area contributed by atoms with E-state index in [2.05, 4.69) is 5.10 Å². The molecule has 0 aliphatic carbocycles. The molecule has 0 fully saturated rings. The zero-order valence-electron chi connectivity index (χ0n) is 10.5. The number of hydrogen-bond acceptors (Lipinski definition) is 3. The van der Waals surface area contributed by atoms with Crippen molar-refractivity contribution < 1.29 is 4.74 Å². The standard InChI is InChI=1S/C13H16ClN3O/c1-3-17-13(12(15)9(2)16-17)18-8-10-5-4-6-11(14)7-10/h4-7H,3,8,15H2,1-2H3. The number of nitrogen functional groups attached to an aromatic ring is 1. The Kier molecular flexibility index (Phi) is 3.77. The van der Waals surface area contributed by atoms with Crippen molar-refractivity contribution >= 4 is 17.3 Å². The van der Waals surface area contributed by atoms with Crippen molar-refractivity contribution in [1.82, 2.24) is 9.78 Å². The van der Waals surface area contributed by atoms with Crippen LogP contribution in [-0.4, -0.2) is 9.78 Å². The summed E-state index contributed by atoms with van der Waals surface area (Å²) < 4.78 is 7.50. The molecule has 2 rings (SSSR count). The van der Waals surface area contributed by atoms with Crippen molar-refractivity contribution in [2.24, 2.45) is 0 Å². The van der Waals surface area contributed by atoms with Gasteiger partial charge in [-0.25, -0.2) is 4.68 Å². The van der Waals surface area contributed by atoms with Crippen LogP contribution in [0.2, 0.25) is 5.02 Å². The fourth-order valence-electron chi connectivity index (χ4n) is 1.72. The van der Waals surface area contributed by atoms with Crippen LogP contribution in [0.4, 0.5) is 5.69 Å². The number of nitrogens with zero attached hydrogens (tertiary/aromatic N) is 2. The Hall–Kier alpha value is -1.68. The summed E-state index contributed by atoms with van der Waals surface area (Å²) in [5, 5.41) is 5.00. The number of benzene rings is 1. The Morgan fingerprint density at radius 1 is 1.44 bits per heavy atom. The van der Waals surface area contributed by atoms with Crippen molar-refractivity contribution in [3.63, 3.8) is 0 Å². The van der Waals surface area contributed by atoms with Crippen LogP contribution in [0.1, 0.15) is 18.2 Å². The summed E-state index contributed by atoms with van der Waals surface area (Å²) >= 11 is 5.92. The second-order valence-corrected chi connectivity index (χ2v) is 4.48. The van der Waals surface area contributed by atoms with Crippen molar-refractivity contribution in [1.29, 1.82) is 0 Å². The molecule has 1 heterocycles. The zero-order valence-corrected chi connectivity index (χ0v) is 11.2. The van der Waals surface area contributed by atoms with E-state index in [0.29, 0.717) is 23.2 Å². The lowest BCUT2D eigenvalue weighted by Crippen LogP contribution is -2.04. The molecule has 1 aromatic carbocycles. The number of nitrogens with two attached hydrogens (primary N) is 1. The fraction of sp³-hybridized carbons (Fsp3) is 0.308. The molecule has 0 spiro atoms. The summed E-state index contributed by atoms with van der Waals surface area (Å²) in [6.45, 7) is 5.02. The van der Waals surface area contributed by atoms with E-state index in [-0.39, 0.29) is 0 Å². The monoisotopic (exact) mass is 265 g/mol. The molecule has 0 saturated heterocycles. The Morgan fingerprint density at radius 2 is 2.22 bits per heavy atom. The number of aryl methyl sites for hydroxylation is 2. The van der Waals surface area contributed by atoms with Crippen LogP contribution in [0.5, 0.6) is 5.88 Å². The minimum Gasteiger partial charge on any atom is -0.471 e. The summed E-state index contributed by atoms with van der Waals surface area (Å²) in [6, 6.07) is 7.56. The fourth-order valence-corrected chi connectivity index (χ4v) is 1.93. The lowest BCUT2D eigenvalue weighted by Gasteiger charge is -2.08. The number of anilines is 1. The first kappa shape index (κ1) is 12.8. The minimum atomic E-state index is 0.426. The highest BCUT2D eigenvalue weighted by molar-refractivity contribution is 6.30. The summed E-state index contributed by atoms with van der Waals surface area (Å²) in [6.07, 6.45) is 0. The van der Waals surface area contributed by atoms with Crippen molar-refractivity contribution in [2.45, 2.75) is 27.0 Å². The van der Waals surface area contributed by atoms with E-state index < -0.39 is 0 Å². The molecule has 0 aliphatic heterocycles. The highest BCUT2D eigenvalue weighted by Crippen LogP contribution is 2.25. The maximum atomic E-state index is 5.94. The SMILES string of the molecule is CCn1nc(C)c(N)c1OCc1cccc(Cl)c1. The van der Waals surface area contributed by atoms with E-state index in [4.69, 9.17) is 22.1 Å². The number of aromatic nitrogens is 2. The Bertz CT molecular complexity index is 551. The molecule has 0 aliphatic rings. The second kappa shape index (κ2) is 5.31. The minimum absolute atomic E-state index is 0.426. The van der Waals surface area contributed by atoms with Crippen LogP contribution in [0.25, 0.3) is 0 Å². The van der Waals surface area contributed by atoms with Gasteiger partial charge in [-0.15, -0.1) is 0 Å². The van der Waals surface area contributed by atoms with Gasteiger partial charge < -0.3 is 10.5 Å². The molecule has 0 amide bonds. The van der Waals surface area contributed by atoms with E-state index in [9.17, 15) is 0 Å². The van der Waals surface area contributed by atoms with Gasteiger partial charge in [0.15, 0.2) is 0 Å². The van der Waals surface area contributed by atoms with Crippen LogP contribution >= 0.6 is 11.6 Å². The molecule has 0 radical (unpaired) electrons. The van der Waals surface area contributed by atoms with Crippen LogP contribution < -0.4 is 10.5 Å². The van der Waals surface area contributed by atoms with Gasteiger partial charge in [0.25, 0.3) is 0 Å². The van der Waals surface area contributed by atoms with Gasteiger partial charge in [-0.1, -0.05) is 23.7 Å². The van der Waals surface area contributed by atoms with E-state index in [1.807, 2.05) is 38.1 Å². The van der Waals surface area contributed by atoms with Crippen LogP contribution in [0, 0.1) is 6.92 Å². The lowest BCUT2D eigenvalue weighted by atomic mass is 10.2. The van der Waals surface area contributed by atoms with Gasteiger partial charge in [0.05, 0.1) is 5.69 Å². The lowest BCUT2D eigenvalue weighted by molar-refractivity contribution is 0.275. The van der Waals surface area contributed by atoms with Crippen molar-refractivity contribution in [2.75, 3.05) is 5.73 Å². The van der Waals surface area contributed by atoms with Crippen molar-refractivity contribution in [3.05, 3.63) is 40.5 Å². The average Bonchev–Trinajstić information content (AvgIpc) is 2.63. The maximum Gasteiger partial charge on any atom is 0.236 e. The molecule has 0 atom stereocenters. The number of rotatable bonds is 4. The topological polar surface area (TPSA) is 53.1 Å². The molecule has 0 unspecified atom stereocenters. The summed E-state index contributed by atoms with van der Waals surface area (Å²) in [7, 11) is 0. The molecule has 5 heteroatoms. The maximum absolute atomic E-state index is 5.94. The van der Waals surface area contributed by atoms with E-state index in [1.54, 1.807) is 4.68 Å². The van der Waals surface area contributed by atoms with Gasteiger partial charge >= 0.3 is 0 Å². The first-order valence-corrected chi connectivity index (χ1v) is 6.19. The van der Waals surface area contributed by atoms with Crippen LogP contribution in [0.15, 0.2) is 24.3 Å². The molecule has 18 heavy (non-hydrogen) atoms. The molecule has 96 valence electrons. The van der Waals surface area contributed by atoms with Gasteiger partial charge in [-0.2, -0.15) is 5.10 Å². The largest absolute Gasteiger partial charge is 0.471 e. The van der Waals surface area contributed by atoms with E-state index in [0.717, 1.165) is 17.8 Å². The Morgan fingerprint density at radius 3 is 2.89 bits per heavy atom. The molecule has 2 N–H and O–H groups in total.